The number of hydrogen-bond acceptors (Lipinski definition) is 2. The molecule has 1 amide bonds. The van der Waals surface area contributed by atoms with Crippen LogP contribution < -0.4 is 5.32 Å². The van der Waals surface area contributed by atoms with Crippen LogP contribution in [-0.4, -0.2) is 37.5 Å². The minimum atomic E-state index is -0.279. The first-order valence-electron chi connectivity index (χ1n) is 8.36. The van der Waals surface area contributed by atoms with Crippen molar-refractivity contribution in [2.45, 2.75) is 37.5 Å². The van der Waals surface area contributed by atoms with Gasteiger partial charge in [-0.2, -0.15) is 0 Å². The Kier molecular flexibility index (Phi) is 4.88. The van der Waals surface area contributed by atoms with E-state index in [1.54, 1.807) is 0 Å². The SMILES string of the molecule is CNCC1CCN(C(=O)C2(c3cccc(Br)c3)CCCC2)C1. The molecular weight excluding hydrogens is 340 g/mol. The van der Waals surface area contributed by atoms with E-state index < -0.39 is 0 Å². The lowest BCUT2D eigenvalue weighted by molar-refractivity contribution is -0.136. The summed E-state index contributed by atoms with van der Waals surface area (Å²) in [5.74, 6) is 0.969. The van der Waals surface area contributed by atoms with Crippen molar-refractivity contribution in [2.75, 3.05) is 26.7 Å². The Morgan fingerprint density at radius 3 is 2.86 bits per heavy atom. The van der Waals surface area contributed by atoms with Crippen molar-refractivity contribution < 1.29 is 4.79 Å². The van der Waals surface area contributed by atoms with E-state index in [1.165, 1.54) is 5.56 Å². The van der Waals surface area contributed by atoms with Crippen molar-refractivity contribution in [3.05, 3.63) is 34.3 Å². The fraction of sp³-hybridized carbons (Fsp3) is 0.611. The van der Waals surface area contributed by atoms with Crippen LogP contribution in [0.15, 0.2) is 28.7 Å². The molecule has 120 valence electrons. The number of amides is 1. The molecule has 1 heterocycles. The third-order valence-electron chi connectivity index (χ3n) is 5.31. The fourth-order valence-electron chi connectivity index (χ4n) is 4.17. The molecule has 4 heteroatoms. The molecule has 1 aromatic rings. The van der Waals surface area contributed by atoms with Gasteiger partial charge in [0, 0.05) is 17.6 Å². The number of likely N-dealkylation sites (tertiary alicyclic amines) is 1. The zero-order chi connectivity index (χ0) is 15.6. The molecule has 0 spiro atoms. The van der Waals surface area contributed by atoms with Gasteiger partial charge in [0.2, 0.25) is 5.91 Å². The maximum atomic E-state index is 13.3. The monoisotopic (exact) mass is 364 g/mol. The average molecular weight is 365 g/mol. The summed E-state index contributed by atoms with van der Waals surface area (Å²) in [6.07, 6.45) is 5.43. The van der Waals surface area contributed by atoms with Gasteiger partial charge >= 0.3 is 0 Å². The smallest absolute Gasteiger partial charge is 0.233 e. The Hall–Kier alpha value is -0.870. The summed E-state index contributed by atoms with van der Waals surface area (Å²) in [5.41, 5.74) is 0.916. The number of nitrogens with zero attached hydrogens (tertiary/aromatic N) is 1. The largest absolute Gasteiger partial charge is 0.342 e. The number of carbonyl (C=O) groups is 1. The zero-order valence-corrected chi connectivity index (χ0v) is 14.9. The molecule has 1 saturated carbocycles. The first kappa shape index (κ1) is 16.0. The highest BCUT2D eigenvalue weighted by molar-refractivity contribution is 9.10. The molecule has 22 heavy (non-hydrogen) atoms. The van der Waals surface area contributed by atoms with Gasteiger partial charge in [-0.3, -0.25) is 4.79 Å². The van der Waals surface area contributed by atoms with E-state index in [1.807, 2.05) is 13.1 Å². The molecule has 3 nitrogen and oxygen atoms in total. The van der Waals surface area contributed by atoms with E-state index in [2.05, 4.69) is 44.3 Å². The normalized spacial score (nSPS) is 23.9. The topological polar surface area (TPSA) is 32.3 Å². The number of rotatable bonds is 4. The van der Waals surface area contributed by atoms with Crippen LogP contribution in [0.2, 0.25) is 0 Å². The van der Waals surface area contributed by atoms with E-state index >= 15 is 0 Å². The molecule has 1 aliphatic heterocycles. The molecule has 1 aliphatic carbocycles. The standard InChI is InChI=1S/C18H25BrN2O/c1-20-12-14-7-10-21(13-14)17(22)18(8-2-3-9-18)15-5-4-6-16(19)11-15/h4-6,11,14,20H,2-3,7-10,12-13H2,1H3. The zero-order valence-electron chi connectivity index (χ0n) is 13.3. The molecule has 2 fully saturated rings. The van der Waals surface area contributed by atoms with E-state index in [-0.39, 0.29) is 5.41 Å². The number of carbonyl (C=O) groups excluding carboxylic acids is 1. The summed E-state index contributed by atoms with van der Waals surface area (Å²) in [6, 6.07) is 8.37. The van der Waals surface area contributed by atoms with Crippen molar-refractivity contribution in [1.82, 2.24) is 10.2 Å². The fourth-order valence-corrected chi connectivity index (χ4v) is 4.57. The lowest BCUT2D eigenvalue weighted by Gasteiger charge is -2.33. The van der Waals surface area contributed by atoms with Crippen molar-refractivity contribution in [3.8, 4) is 0 Å². The van der Waals surface area contributed by atoms with Gasteiger partial charge in [-0.05, 0) is 56.5 Å². The summed E-state index contributed by atoms with van der Waals surface area (Å²) >= 11 is 3.56. The predicted molar refractivity (Wildman–Crippen MR) is 92.9 cm³/mol. The van der Waals surface area contributed by atoms with E-state index in [4.69, 9.17) is 0 Å². The Morgan fingerprint density at radius 1 is 1.41 bits per heavy atom. The van der Waals surface area contributed by atoms with Crippen molar-refractivity contribution in [1.29, 1.82) is 0 Å². The van der Waals surface area contributed by atoms with Crippen molar-refractivity contribution in [3.63, 3.8) is 0 Å². The van der Waals surface area contributed by atoms with Crippen LogP contribution in [0.3, 0.4) is 0 Å². The summed E-state index contributed by atoms with van der Waals surface area (Å²) in [4.78, 5) is 15.4. The van der Waals surface area contributed by atoms with Gasteiger partial charge in [0.15, 0.2) is 0 Å². The Labute approximate surface area is 141 Å². The summed E-state index contributed by atoms with van der Waals surface area (Å²) in [6.45, 7) is 2.84. The second-order valence-corrected chi connectivity index (χ2v) is 7.68. The molecule has 1 saturated heterocycles. The van der Waals surface area contributed by atoms with E-state index in [9.17, 15) is 4.79 Å². The molecule has 0 aromatic heterocycles. The molecule has 1 atom stereocenters. The van der Waals surface area contributed by atoms with Gasteiger partial charge in [-0.15, -0.1) is 0 Å². The van der Waals surface area contributed by atoms with Crippen molar-refractivity contribution >= 4 is 21.8 Å². The van der Waals surface area contributed by atoms with Crippen LogP contribution in [0.5, 0.6) is 0 Å². The van der Waals surface area contributed by atoms with Crippen LogP contribution >= 0.6 is 15.9 Å². The summed E-state index contributed by atoms with van der Waals surface area (Å²) in [7, 11) is 1.99. The Balaban J connectivity index is 1.84. The van der Waals surface area contributed by atoms with Crippen molar-refractivity contribution in [2.24, 2.45) is 5.92 Å². The molecule has 1 aromatic carbocycles. The third-order valence-corrected chi connectivity index (χ3v) is 5.80. The van der Waals surface area contributed by atoms with Gasteiger partial charge in [0.05, 0.1) is 5.41 Å². The van der Waals surface area contributed by atoms with Gasteiger partial charge in [-0.1, -0.05) is 40.9 Å². The predicted octanol–water partition coefficient (Wildman–Crippen LogP) is 3.33. The number of hydrogen-bond donors (Lipinski definition) is 1. The average Bonchev–Trinajstić information content (AvgIpc) is 3.17. The van der Waals surface area contributed by atoms with Crippen LogP contribution in [0, 0.1) is 5.92 Å². The second-order valence-electron chi connectivity index (χ2n) is 6.76. The van der Waals surface area contributed by atoms with Crippen LogP contribution in [-0.2, 0) is 10.2 Å². The number of halogens is 1. The number of benzene rings is 1. The molecule has 1 unspecified atom stereocenters. The first-order valence-corrected chi connectivity index (χ1v) is 9.15. The van der Waals surface area contributed by atoms with E-state index in [0.717, 1.165) is 56.2 Å². The van der Waals surface area contributed by atoms with Gasteiger partial charge in [0.25, 0.3) is 0 Å². The molecule has 3 rings (SSSR count). The highest BCUT2D eigenvalue weighted by Gasteiger charge is 2.46. The lowest BCUT2D eigenvalue weighted by Crippen LogP contribution is -2.44. The van der Waals surface area contributed by atoms with E-state index in [0.29, 0.717) is 11.8 Å². The van der Waals surface area contributed by atoms with Crippen LogP contribution in [0.25, 0.3) is 0 Å². The third kappa shape index (κ3) is 2.95. The van der Waals surface area contributed by atoms with Gasteiger partial charge in [0.1, 0.15) is 0 Å². The quantitative estimate of drug-likeness (QED) is 0.888. The maximum absolute atomic E-state index is 13.3. The Bertz CT molecular complexity index is 540. The second kappa shape index (κ2) is 6.71. The molecule has 0 bridgehead atoms. The molecule has 2 aliphatic rings. The number of nitrogens with one attached hydrogen (secondary N) is 1. The van der Waals surface area contributed by atoms with Crippen LogP contribution in [0.4, 0.5) is 0 Å². The minimum Gasteiger partial charge on any atom is -0.342 e. The summed E-state index contributed by atoms with van der Waals surface area (Å²) < 4.78 is 1.07. The van der Waals surface area contributed by atoms with Gasteiger partial charge in [-0.25, -0.2) is 0 Å². The molecule has 1 N–H and O–H groups in total. The molecule has 0 radical (unpaired) electrons. The van der Waals surface area contributed by atoms with Gasteiger partial charge < -0.3 is 10.2 Å². The first-order chi connectivity index (χ1) is 10.7. The molecular formula is C18H25BrN2O. The highest BCUT2D eigenvalue weighted by Crippen LogP contribution is 2.44. The van der Waals surface area contributed by atoms with Crippen LogP contribution in [0.1, 0.15) is 37.7 Å². The highest BCUT2D eigenvalue weighted by atomic mass is 79.9. The Morgan fingerprint density at radius 2 is 2.18 bits per heavy atom. The summed E-state index contributed by atoms with van der Waals surface area (Å²) in [5, 5.41) is 3.24. The lowest BCUT2D eigenvalue weighted by atomic mass is 9.77. The maximum Gasteiger partial charge on any atom is 0.233 e. The minimum absolute atomic E-state index is 0.279.